The van der Waals surface area contributed by atoms with Gasteiger partial charge in [0, 0.05) is 36.9 Å². The molecule has 2 aromatic heterocycles. The predicted molar refractivity (Wildman–Crippen MR) is 85.8 cm³/mol. The van der Waals surface area contributed by atoms with Gasteiger partial charge >= 0.3 is 0 Å². The molecule has 0 bridgehead atoms. The molecule has 1 aliphatic rings. The lowest BCUT2D eigenvalue weighted by Crippen LogP contribution is -2.16. The fourth-order valence-corrected chi connectivity index (χ4v) is 3.16. The third kappa shape index (κ3) is 3.48. The fourth-order valence-electron chi connectivity index (χ4n) is 2.56. The third-order valence-electron chi connectivity index (χ3n) is 3.54. The second-order valence-electron chi connectivity index (χ2n) is 5.15. The Morgan fingerprint density at radius 1 is 1.29 bits per heavy atom. The molecule has 0 spiro atoms. The first-order chi connectivity index (χ1) is 10.2. The number of nitrogens with one attached hydrogen (secondary N) is 2. The van der Waals surface area contributed by atoms with Gasteiger partial charge in [-0.3, -0.25) is 0 Å². The molecule has 0 radical (unpaired) electrons. The molecule has 1 aliphatic heterocycles. The minimum absolute atomic E-state index is 0.628. The molecule has 112 valence electrons. The summed E-state index contributed by atoms with van der Waals surface area (Å²) < 4.78 is 0. The number of nitrogen functional groups attached to an aromatic ring is 1. The lowest BCUT2D eigenvalue weighted by Gasteiger charge is -2.13. The van der Waals surface area contributed by atoms with Crippen LogP contribution in [-0.4, -0.2) is 34.6 Å². The normalized spacial score (nSPS) is 14.5. The van der Waals surface area contributed by atoms with E-state index in [9.17, 15) is 0 Å². The van der Waals surface area contributed by atoms with Gasteiger partial charge in [0.15, 0.2) is 5.13 Å². The zero-order chi connectivity index (χ0) is 14.7. The van der Waals surface area contributed by atoms with E-state index >= 15 is 0 Å². The highest BCUT2D eigenvalue weighted by Gasteiger charge is 2.15. The number of nitrogens with two attached hydrogens (primary N) is 1. The van der Waals surface area contributed by atoms with Crippen molar-refractivity contribution in [1.29, 1.82) is 0 Å². The second kappa shape index (κ2) is 6.36. The Kier molecular flexibility index (Phi) is 4.31. The quantitative estimate of drug-likeness (QED) is 0.786. The number of anilines is 2. The lowest BCUT2D eigenvalue weighted by molar-refractivity contribution is 0.708. The second-order valence-corrected chi connectivity index (χ2v) is 6.04. The topological polar surface area (TPSA) is 88.8 Å². The SMILES string of the molecule is Cc1nc2c(c(NCCc3csc(N)n3)n1)CCNCC2. The van der Waals surface area contributed by atoms with Gasteiger partial charge < -0.3 is 16.4 Å². The number of rotatable bonds is 4. The van der Waals surface area contributed by atoms with Crippen molar-refractivity contribution >= 4 is 22.3 Å². The first-order valence-corrected chi connectivity index (χ1v) is 8.11. The minimum Gasteiger partial charge on any atom is -0.375 e. The van der Waals surface area contributed by atoms with Crippen LogP contribution in [-0.2, 0) is 19.3 Å². The smallest absolute Gasteiger partial charge is 0.180 e. The van der Waals surface area contributed by atoms with E-state index in [-0.39, 0.29) is 0 Å². The van der Waals surface area contributed by atoms with Crippen LogP contribution in [0.15, 0.2) is 5.38 Å². The highest BCUT2D eigenvalue weighted by atomic mass is 32.1. The molecule has 4 N–H and O–H groups in total. The first-order valence-electron chi connectivity index (χ1n) is 7.23. The molecule has 3 rings (SSSR count). The van der Waals surface area contributed by atoms with E-state index in [4.69, 9.17) is 5.73 Å². The van der Waals surface area contributed by atoms with Crippen molar-refractivity contribution in [3.8, 4) is 0 Å². The maximum absolute atomic E-state index is 5.65. The summed E-state index contributed by atoms with van der Waals surface area (Å²) in [5.74, 6) is 1.81. The van der Waals surface area contributed by atoms with E-state index in [0.29, 0.717) is 5.13 Å². The summed E-state index contributed by atoms with van der Waals surface area (Å²) in [6.07, 6.45) is 2.79. The van der Waals surface area contributed by atoms with E-state index in [1.807, 2.05) is 12.3 Å². The molecule has 0 saturated heterocycles. The van der Waals surface area contributed by atoms with Gasteiger partial charge in [0.2, 0.25) is 0 Å². The van der Waals surface area contributed by atoms with Crippen molar-refractivity contribution in [2.75, 3.05) is 30.7 Å². The Hall–Kier alpha value is -1.73. The standard InChI is InChI=1S/C14H20N6S/c1-9-18-12-4-6-16-5-3-11(12)13(19-9)17-7-2-10-8-21-14(15)20-10/h8,16H,2-7H2,1H3,(H2,15,20)(H,17,18,19). The Labute approximate surface area is 128 Å². The van der Waals surface area contributed by atoms with Crippen molar-refractivity contribution < 1.29 is 0 Å². The average Bonchev–Trinajstić information content (AvgIpc) is 2.72. The summed E-state index contributed by atoms with van der Waals surface area (Å²) in [6.45, 7) is 4.72. The van der Waals surface area contributed by atoms with Crippen LogP contribution in [0.3, 0.4) is 0 Å². The first kappa shape index (κ1) is 14.2. The molecule has 7 heteroatoms. The minimum atomic E-state index is 0.628. The van der Waals surface area contributed by atoms with E-state index in [1.165, 1.54) is 22.6 Å². The molecule has 3 heterocycles. The Morgan fingerprint density at radius 3 is 2.95 bits per heavy atom. The molecule has 0 aliphatic carbocycles. The van der Waals surface area contributed by atoms with Gasteiger partial charge in [-0.25, -0.2) is 15.0 Å². The van der Waals surface area contributed by atoms with E-state index in [0.717, 1.165) is 56.2 Å². The molecule has 0 aromatic carbocycles. The van der Waals surface area contributed by atoms with Crippen LogP contribution in [0, 0.1) is 6.92 Å². The Bertz CT molecular complexity index is 624. The monoisotopic (exact) mass is 304 g/mol. The number of fused-ring (bicyclic) bond motifs is 1. The van der Waals surface area contributed by atoms with Gasteiger partial charge in [-0.15, -0.1) is 11.3 Å². The Balaban J connectivity index is 1.71. The molecule has 0 saturated carbocycles. The summed E-state index contributed by atoms with van der Waals surface area (Å²) in [7, 11) is 0. The molecule has 6 nitrogen and oxygen atoms in total. The molecular weight excluding hydrogens is 284 g/mol. The molecule has 0 unspecified atom stereocenters. The molecule has 0 amide bonds. The van der Waals surface area contributed by atoms with Crippen LogP contribution in [0.25, 0.3) is 0 Å². The van der Waals surface area contributed by atoms with E-state index in [1.54, 1.807) is 0 Å². The molecule has 0 atom stereocenters. The maximum atomic E-state index is 5.65. The van der Waals surface area contributed by atoms with Gasteiger partial charge in [-0.05, 0) is 19.9 Å². The largest absolute Gasteiger partial charge is 0.375 e. The number of nitrogens with zero attached hydrogens (tertiary/aromatic N) is 3. The van der Waals surface area contributed by atoms with Crippen LogP contribution in [0.5, 0.6) is 0 Å². The molecule has 21 heavy (non-hydrogen) atoms. The fraction of sp³-hybridized carbons (Fsp3) is 0.500. The highest BCUT2D eigenvalue weighted by molar-refractivity contribution is 7.13. The van der Waals surface area contributed by atoms with Crippen LogP contribution >= 0.6 is 11.3 Å². The number of thiazole rings is 1. The number of aromatic nitrogens is 3. The summed E-state index contributed by atoms with van der Waals surface area (Å²) in [5.41, 5.74) is 9.11. The van der Waals surface area contributed by atoms with Gasteiger partial charge in [0.05, 0.1) is 11.4 Å². The Morgan fingerprint density at radius 2 is 2.14 bits per heavy atom. The van der Waals surface area contributed by atoms with Gasteiger partial charge in [-0.2, -0.15) is 0 Å². The third-order valence-corrected chi connectivity index (χ3v) is 4.26. The molecule has 2 aromatic rings. The van der Waals surface area contributed by atoms with E-state index < -0.39 is 0 Å². The molecule has 0 fully saturated rings. The number of hydrogen-bond acceptors (Lipinski definition) is 7. The van der Waals surface area contributed by atoms with Gasteiger partial charge in [0.25, 0.3) is 0 Å². The van der Waals surface area contributed by atoms with Crippen LogP contribution in [0.4, 0.5) is 10.9 Å². The summed E-state index contributed by atoms with van der Waals surface area (Å²) >= 11 is 1.48. The van der Waals surface area contributed by atoms with Crippen molar-refractivity contribution in [2.45, 2.75) is 26.2 Å². The van der Waals surface area contributed by atoms with Crippen molar-refractivity contribution in [2.24, 2.45) is 0 Å². The number of aryl methyl sites for hydroxylation is 1. The zero-order valence-corrected chi connectivity index (χ0v) is 13.0. The van der Waals surface area contributed by atoms with Crippen LogP contribution in [0.2, 0.25) is 0 Å². The summed E-state index contributed by atoms with van der Waals surface area (Å²) in [5, 5.41) is 9.49. The van der Waals surface area contributed by atoms with Gasteiger partial charge in [0.1, 0.15) is 11.6 Å². The summed E-state index contributed by atoms with van der Waals surface area (Å²) in [4.78, 5) is 13.4. The lowest BCUT2D eigenvalue weighted by atomic mass is 10.1. The zero-order valence-electron chi connectivity index (χ0n) is 12.1. The van der Waals surface area contributed by atoms with Crippen LogP contribution in [0.1, 0.15) is 22.8 Å². The van der Waals surface area contributed by atoms with Crippen molar-refractivity contribution in [3.05, 3.63) is 28.2 Å². The predicted octanol–water partition coefficient (Wildman–Crippen LogP) is 1.17. The van der Waals surface area contributed by atoms with E-state index in [2.05, 4.69) is 25.6 Å². The highest BCUT2D eigenvalue weighted by Crippen LogP contribution is 2.20. The molecular formula is C14H20N6S. The average molecular weight is 304 g/mol. The van der Waals surface area contributed by atoms with Crippen molar-refractivity contribution in [1.82, 2.24) is 20.3 Å². The number of hydrogen-bond donors (Lipinski definition) is 3. The van der Waals surface area contributed by atoms with Gasteiger partial charge in [-0.1, -0.05) is 0 Å². The summed E-state index contributed by atoms with van der Waals surface area (Å²) in [6, 6.07) is 0. The van der Waals surface area contributed by atoms with Crippen LogP contribution < -0.4 is 16.4 Å². The maximum Gasteiger partial charge on any atom is 0.180 e. The van der Waals surface area contributed by atoms with Crippen molar-refractivity contribution in [3.63, 3.8) is 0 Å².